The molecule has 0 aliphatic heterocycles. The number of carbonyl (C=O) groups excluding carboxylic acids is 2. The highest BCUT2D eigenvalue weighted by Gasteiger charge is 2.28. The fraction of sp³-hybridized carbons (Fsp3) is 0.478. The largest absolute Gasteiger partial charge is 0.465 e. The Morgan fingerprint density at radius 3 is 2.82 bits per heavy atom. The normalized spacial score (nSPS) is 12.7. The first kappa shape index (κ1) is 24.0. The van der Waals surface area contributed by atoms with Gasteiger partial charge in [-0.25, -0.2) is 4.79 Å². The standard InChI is InChI=1S/C23H28N4O3S3/c1-5-10-27-20(16-11-31-13(3)14(16)6-2)25-26-23(27)32-12-18(28)24-21-19(22(29)30-4)15-8-7-9-17(15)33-21/h11H,5-10,12H2,1-4H3,(H,24,28). The molecule has 0 bridgehead atoms. The van der Waals surface area contributed by atoms with Crippen molar-refractivity contribution in [2.75, 3.05) is 18.2 Å². The number of thioether (sulfide) groups is 1. The molecular weight excluding hydrogens is 476 g/mol. The average molecular weight is 505 g/mol. The highest BCUT2D eigenvalue weighted by atomic mass is 32.2. The van der Waals surface area contributed by atoms with E-state index in [-0.39, 0.29) is 17.6 Å². The Morgan fingerprint density at radius 2 is 2.09 bits per heavy atom. The molecule has 10 heteroatoms. The minimum absolute atomic E-state index is 0.168. The lowest BCUT2D eigenvalue weighted by molar-refractivity contribution is -0.113. The van der Waals surface area contributed by atoms with E-state index in [1.54, 1.807) is 11.3 Å². The Balaban J connectivity index is 1.50. The second-order valence-corrected chi connectivity index (χ2v) is 11.0. The minimum Gasteiger partial charge on any atom is -0.465 e. The Kier molecular flexibility index (Phi) is 7.55. The number of carbonyl (C=O) groups is 2. The van der Waals surface area contributed by atoms with Crippen molar-refractivity contribution >= 4 is 51.3 Å². The van der Waals surface area contributed by atoms with Gasteiger partial charge in [-0.1, -0.05) is 25.6 Å². The summed E-state index contributed by atoms with van der Waals surface area (Å²) in [5.74, 6) is 0.498. The van der Waals surface area contributed by atoms with Crippen molar-refractivity contribution in [3.05, 3.63) is 31.8 Å². The zero-order chi connectivity index (χ0) is 23.5. The Labute approximate surface area is 206 Å². The van der Waals surface area contributed by atoms with Crippen molar-refractivity contribution in [1.82, 2.24) is 14.8 Å². The molecule has 0 fully saturated rings. The highest BCUT2D eigenvalue weighted by Crippen LogP contribution is 2.39. The van der Waals surface area contributed by atoms with Crippen molar-refractivity contribution in [1.29, 1.82) is 0 Å². The third-order valence-electron chi connectivity index (χ3n) is 5.76. The van der Waals surface area contributed by atoms with Gasteiger partial charge < -0.3 is 14.6 Å². The molecule has 1 aliphatic rings. The SMILES string of the molecule is CCCn1c(SCC(=O)Nc2sc3c(c2C(=O)OC)CCC3)nnc1-c1csc(C)c1CC. The van der Waals surface area contributed by atoms with Crippen LogP contribution in [0.4, 0.5) is 5.00 Å². The van der Waals surface area contributed by atoms with E-state index in [0.717, 1.165) is 60.8 Å². The maximum atomic E-state index is 12.8. The molecule has 0 aromatic carbocycles. The minimum atomic E-state index is -0.387. The third-order valence-corrected chi connectivity index (χ3v) is 8.89. The maximum absolute atomic E-state index is 12.8. The number of esters is 1. The summed E-state index contributed by atoms with van der Waals surface area (Å²) in [6.45, 7) is 7.20. The van der Waals surface area contributed by atoms with Gasteiger partial charge in [0, 0.05) is 27.2 Å². The molecule has 33 heavy (non-hydrogen) atoms. The van der Waals surface area contributed by atoms with Gasteiger partial charge in [0.25, 0.3) is 0 Å². The number of nitrogens with one attached hydrogen (secondary N) is 1. The number of ether oxygens (including phenoxy) is 1. The molecule has 3 aromatic rings. The number of rotatable bonds is 9. The van der Waals surface area contributed by atoms with Gasteiger partial charge in [0.2, 0.25) is 5.91 Å². The fourth-order valence-corrected chi connectivity index (χ4v) is 7.23. The summed E-state index contributed by atoms with van der Waals surface area (Å²) in [6, 6.07) is 0. The van der Waals surface area contributed by atoms with Crippen LogP contribution in [0.3, 0.4) is 0 Å². The van der Waals surface area contributed by atoms with E-state index >= 15 is 0 Å². The van der Waals surface area contributed by atoms with Crippen LogP contribution in [0.25, 0.3) is 11.4 Å². The summed E-state index contributed by atoms with van der Waals surface area (Å²) in [4.78, 5) is 27.6. The number of methoxy groups -OCH3 is 1. The van der Waals surface area contributed by atoms with Crippen molar-refractivity contribution in [3.63, 3.8) is 0 Å². The van der Waals surface area contributed by atoms with E-state index in [4.69, 9.17) is 4.74 Å². The highest BCUT2D eigenvalue weighted by molar-refractivity contribution is 7.99. The first-order valence-electron chi connectivity index (χ1n) is 11.1. The van der Waals surface area contributed by atoms with Crippen LogP contribution in [0.1, 0.15) is 57.9 Å². The first-order valence-corrected chi connectivity index (χ1v) is 13.8. The summed E-state index contributed by atoms with van der Waals surface area (Å²) >= 11 is 4.59. The smallest absolute Gasteiger partial charge is 0.341 e. The number of nitrogens with zero attached hydrogens (tertiary/aromatic N) is 3. The van der Waals surface area contributed by atoms with Gasteiger partial charge in [-0.2, -0.15) is 0 Å². The van der Waals surface area contributed by atoms with E-state index in [1.165, 1.54) is 45.5 Å². The van der Waals surface area contributed by atoms with Crippen LogP contribution in [0, 0.1) is 6.92 Å². The van der Waals surface area contributed by atoms with Gasteiger partial charge in [-0.3, -0.25) is 4.79 Å². The van der Waals surface area contributed by atoms with Crippen LogP contribution < -0.4 is 5.32 Å². The number of aryl methyl sites for hydroxylation is 2. The fourth-order valence-electron chi connectivity index (χ4n) is 4.23. The summed E-state index contributed by atoms with van der Waals surface area (Å²) < 4.78 is 7.08. The van der Waals surface area contributed by atoms with E-state index in [9.17, 15) is 9.59 Å². The van der Waals surface area contributed by atoms with E-state index < -0.39 is 0 Å². The lowest BCUT2D eigenvalue weighted by atomic mass is 10.1. The van der Waals surface area contributed by atoms with Crippen LogP contribution in [0.2, 0.25) is 0 Å². The number of hydrogen-bond donors (Lipinski definition) is 1. The second-order valence-electron chi connectivity index (χ2n) is 7.89. The third kappa shape index (κ3) is 4.74. The second kappa shape index (κ2) is 10.4. The van der Waals surface area contributed by atoms with Crippen molar-refractivity contribution in [3.8, 4) is 11.4 Å². The number of fused-ring (bicyclic) bond motifs is 1. The Morgan fingerprint density at radius 1 is 1.27 bits per heavy atom. The zero-order valence-electron chi connectivity index (χ0n) is 19.3. The lowest BCUT2D eigenvalue weighted by Crippen LogP contribution is -2.16. The number of hydrogen-bond acceptors (Lipinski definition) is 8. The molecule has 0 unspecified atom stereocenters. The van der Waals surface area contributed by atoms with Crippen LogP contribution in [0.5, 0.6) is 0 Å². The van der Waals surface area contributed by atoms with Gasteiger partial charge in [-0.15, -0.1) is 32.9 Å². The molecule has 3 heterocycles. The van der Waals surface area contributed by atoms with E-state index in [0.29, 0.717) is 10.6 Å². The summed E-state index contributed by atoms with van der Waals surface area (Å²) in [5, 5.41) is 15.3. The predicted molar refractivity (Wildman–Crippen MR) is 135 cm³/mol. The predicted octanol–water partition coefficient (Wildman–Crippen LogP) is 5.36. The molecule has 1 N–H and O–H groups in total. The molecule has 3 aromatic heterocycles. The summed E-state index contributed by atoms with van der Waals surface area (Å²) in [6.07, 6.45) is 4.72. The molecule has 1 amide bonds. The molecule has 0 atom stereocenters. The van der Waals surface area contributed by atoms with Crippen molar-refractivity contribution < 1.29 is 14.3 Å². The summed E-state index contributed by atoms with van der Waals surface area (Å²) in [7, 11) is 1.37. The quantitative estimate of drug-likeness (QED) is 0.312. The van der Waals surface area contributed by atoms with Gasteiger partial charge in [0.05, 0.1) is 18.4 Å². The van der Waals surface area contributed by atoms with Gasteiger partial charge in [0.1, 0.15) is 5.00 Å². The van der Waals surface area contributed by atoms with Crippen LogP contribution >= 0.6 is 34.4 Å². The molecule has 0 radical (unpaired) electrons. The molecular formula is C23H28N4O3S3. The van der Waals surface area contributed by atoms with Gasteiger partial charge in [0.15, 0.2) is 11.0 Å². The number of anilines is 1. The average Bonchev–Trinajstić information content (AvgIpc) is 3.56. The monoisotopic (exact) mass is 504 g/mol. The van der Waals surface area contributed by atoms with Crippen LogP contribution in [0.15, 0.2) is 10.5 Å². The molecule has 0 spiro atoms. The Bertz CT molecular complexity index is 1180. The first-order chi connectivity index (χ1) is 16.0. The summed E-state index contributed by atoms with van der Waals surface area (Å²) in [5.41, 5.74) is 3.98. The Hall–Kier alpha value is -2.17. The molecule has 176 valence electrons. The van der Waals surface area contributed by atoms with Gasteiger partial charge >= 0.3 is 5.97 Å². The molecule has 0 saturated carbocycles. The molecule has 1 aliphatic carbocycles. The van der Waals surface area contributed by atoms with Crippen molar-refractivity contribution in [2.45, 2.75) is 64.6 Å². The lowest BCUT2D eigenvalue weighted by Gasteiger charge is -2.10. The van der Waals surface area contributed by atoms with Crippen molar-refractivity contribution in [2.24, 2.45) is 0 Å². The van der Waals surface area contributed by atoms with Gasteiger partial charge in [-0.05, 0) is 50.2 Å². The van der Waals surface area contributed by atoms with Crippen LogP contribution in [-0.2, 0) is 35.3 Å². The molecule has 7 nitrogen and oxygen atoms in total. The number of amides is 1. The molecule has 0 saturated heterocycles. The van der Waals surface area contributed by atoms with E-state index in [2.05, 4.69) is 46.2 Å². The number of aromatic nitrogens is 3. The van der Waals surface area contributed by atoms with E-state index in [1.807, 2.05) is 0 Å². The zero-order valence-corrected chi connectivity index (χ0v) is 21.8. The topological polar surface area (TPSA) is 86.1 Å². The molecule has 4 rings (SSSR count). The van der Waals surface area contributed by atoms with Crippen LogP contribution in [-0.4, -0.2) is 39.5 Å². The number of thiophene rings is 2. The maximum Gasteiger partial charge on any atom is 0.341 e.